The van der Waals surface area contributed by atoms with Crippen LogP contribution in [0.3, 0.4) is 0 Å². The minimum Gasteiger partial charge on any atom is -0.293 e. The number of nitrogens with zero attached hydrogens (tertiary/aromatic N) is 2. The predicted octanol–water partition coefficient (Wildman–Crippen LogP) is -0.796. The Bertz CT molecular complexity index is 256. The zero-order valence-electron chi connectivity index (χ0n) is 6.70. The van der Waals surface area contributed by atoms with E-state index in [0.717, 1.165) is 0 Å². The number of rotatable bonds is 1. The van der Waals surface area contributed by atoms with Gasteiger partial charge in [-0.25, -0.2) is 0 Å². The maximum Gasteiger partial charge on any atom is 0.250 e. The molecule has 0 radical (unpaired) electrons. The van der Waals surface area contributed by atoms with Crippen LogP contribution >= 0.6 is 0 Å². The molecule has 0 aromatic carbocycles. The molecule has 12 heavy (non-hydrogen) atoms. The van der Waals surface area contributed by atoms with E-state index in [1.807, 2.05) is 6.19 Å². The fourth-order valence-corrected chi connectivity index (χ4v) is 1.18. The van der Waals surface area contributed by atoms with Crippen molar-refractivity contribution in [2.45, 2.75) is 19.4 Å². The normalized spacial score (nSPS) is 23.3. The fourth-order valence-electron chi connectivity index (χ4n) is 1.18. The van der Waals surface area contributed by atoms with Crippen LogP contribution in [0.1, 0.15) is 13.3 Å². The van der Waals surface area contributed by atoms with Crippen molar-refractivity contribution < 1.29 is 9.59 Å². The first kappa shape index (κ1) is 8.53. The molecule has 0 bridgehead atoms. The van der Waals surface area contributed by atoms with Crippen molar-refractivity contribution in [1.82, 2.24) is 10.2 Å². The Kier molecular flexibility index (Phi) is 2.29. The number of carbonyl (C=O) groups is 2. The van der Waals surface area contributed by atoms with Gasteiger partial charge in [0.15, 0.2) is 6.19 Å². The molecule has 1 fully saturated rings. The molecule has 0 aliphatic carbocycles. The van der Waals surface area contributed by atoms with Crippen LogP contribution in [0.15, 0.2) is 0 Å². The zero-order valence-corrected chi connectivity index (χ0v) is 6.70. The summed E-state index contributed by atoms with van der Waals surface area (Å²) < 4.78 is 0. The van der Waals surface area contributed by atoms with Gasteiger partial charge in [0.25, 0.3) is 0 Å². The van der Waals surface area contributed by atoms with Gasteiger partial charge in [-0.3, -0.25) is 19.8 Å². The molecule has 5 heteroatoms. The first-order valence-electron chi connectivity index (χ1n) is 3.69. The zero-order chi connectivity index (χ0) is 9.14. The number of nitriles is 1. The van der Waals surface area contributed by atoms with Gasteiger partial charge in [-0.2, -0.15) is 5.26 Å². The van der Waals surface area contributed by atoms with Crippen molar-refractivity contribution in [1.29, 1.82) is 5.26 Å². The number of hydrogen-bond acceptors (Lipinski definition) is 4. The molecule has 0 spiro atoms. The summed E-state index contributed by atoms with van der Waals surface area (Å²) in [7, 11) is 0. The Morgan fingerprint density at radius 2 is 2.42 bits per heavy atom. The summed E-state index contributed by atoms with van der Waals surface area (Å²) in [6, 6.07) is -0.479. The van der Waals surface area contributed by atoms with Gasteiger partial charge in [0.1, 0.15) is 12.6 Å². The molecule has 64 valence electrons. The van der Waals surface area contributed by atoms with Gasteiger partial charge in [-0.05, 0) is 6.42 Å². The maximum absolute atomic E-state index is 11.1. The van der Waals surface area contributed by atoms with E-state index < -0.39 is 11.9 Å². The number of hydrogen-bond donors (Lipinski definition) is 1. The number of nitrogens with one attached hydrogen (secondary N) is 1. The fraction of sp³-hybridized carbons (Fsp3) is 0.571. The van der Waals surface area contributed by atoms with E-state index in [9.17, 15) is 9.59 Å². The van der Waals surface area contributed by atoms with Crippen LogP contribution in [0.4, 0.5) is 0 Å². The lowest BCUT2D eigenvalue weighted by Gasteiger charge is -2.28. The van der Waals surface area contributed by atoms with E-state index in [2.05, 4.69) is 5.32 Å². The van der Waals surface area contributed by atoms with Crippen LogP contribution in [0, 0.1) is 11.5 Å². The Balaban J connectivity index is 2.78. The van der Waals surface area contributed by atoms with E-state index in [4.69, 9.17) is 5.26 Å². The highest BCUT2D eigenvalue weighted by atomic mass is 16.2. The third-order valence-electron chi connectivity index (χ3n) is 1.77. The summed E-state index contributed by atoms with van der Waals surface area (Å²) in [4.78, 5) is 23.1. The lowest BCUT2D eigenvalue weighted by atomic mass is 10.1. The average molecular weight is 167 g/mol. The predicted molar refractivity (Wildman–Crippen MR) is 39.5 cm³/mol. The average Bonchev–Trinajstić information content (AvgIpc) is 2.03. The van der Waals surface area contributed by atoms with Crippen molar-refractivity contribution in [2.24, 2.45) is 0 Å². The van der Waals surface area contributed by atoms with E-state index in [0.29, 0.717) is 6.42 Å². The SMILES string of the molecule is CCC1C(=O)NC(=O)CN1C#N. The Morgan fingerprint density at radius 3 is 2.92 bits per heavy atom. The summed E-state index contributed by atoms with van der Waals surface area (Å²) in [6.45, 7) is 1.78. The van der Waals surface area contributed by atoms with Gasteiger partial charge in [-0.15, -0.1) is 0 Å². The molecule has 1 heterocycles. The molecule has 1 unspecified atom stereocenters. The number of piperazine rings is 1. The first-order valence-corrected chi connectivity index (χ1v) is 3.69. The van der Waals surface area contributed by atoms with Gasteiger partial charge >= 0.3 is 0 Å². The van der Waals surface area contributed by atoms with Crippen molar-refractivity contribution in [3.63, 3.8) is 0 Å². The quantitative estimate of drug-likeness (QED) is 0.410. The highest BCUT2D eigenvalue weighted by Gasteiger charge is 2.31. The molecule has 1 atom stereocenters. The molecule has 1 saturated heterocycles. The molecule has 0 aromatic heterocycles. The maximum atomic E-state index is 11.1. The standard InChI is InChI=1S/C7H9N3O2/c1-2-5-7(12)9-6(11)3-10(5)4-8/h5H,2-3H2,1H3,(H,9,11,12). The second kappa shape index (κ2) is 3.22. The number of imide groups is 1. The van der Waals surface area contributed by atoms with Gasteiger partial charge in [0.2, 0.25) is 11.8 Å². The molecule has 2 amide bonds. The minimum atomic E-state index is -0.479. The second-order valence-corrected chi connectivity index (χ2v) is 2.56. The van der Waals surface area contributed by atoms with Crippen molar-refractivity contribution >= 4 is 11.8 Å². The molecule has 1 rings (SSSR count). The smallest absolute Gasteiger partial charge is 0.250 e. The van der Waals surface area contributed by atoms with Crippen molar-refractivity contribution in [3.8, 4) is 6.19 Å². The topological polar surface area (TPSA) is 73.2 Å². The lowest BCUT2D eigenvalue weighted by Crippen LogP contribution is -2.55. The molecule has 1 N–H and O–H groups in total. The van der Waals surface area contributed by atoms with Gasteiger partial charge in [-0.1, -0.05) is 6.92 Å². The van der Waals surface area contributed by atoms with E-state index in [1.54, 1.807) is 6.92 Å². The van der Waals surface area contributed by atoms with E-state index in [-0.39, 0.29) is 12.5 Å². The highest BCUT2D eigenvalue weighted by molar-refractivity contribution is 6.01. The third-order valence-corrected chi connectivity index (χ3v) is 1.77. The monoisotopic (exact) mass is 167 g/mol. The van der Waals surface area contributed by atoms with Gasteiger partial charge in [0, 0.05) is 0 Å². The molecule has 1 aliphatic rings. The minimum absolute atomic E-state index is 0.0131. The van der Waals surface area contributed by atoms with Crippen LogP contribution in [-0.2, 0) is 9.59 Å². The summed E-state index contributed by atoms with van der Waals surface area (Å²) in [6.07, 6.45) is 2.35. The van der Waals surface area contributed by atoms with Crippen LogP contribution < -0.4 is 5.32 Å². The van der Waals surface area contributed by atoms with Crippen LogP contribution in [0.25, 0.3) is 0 Å². The summed E-state index contributed by atoms with van der Waals surface area (Å²) in [5, 5.41) is 10.7. The summed E-state index contributed by atoms with van der Waals surface area (Å²) in [5.74, 6) is -0.790. The molecule has 0 saturated carbocycles. The largest absolute Gasteiger partial charge is 0.293 e. The Labute approximate surface area is 69.9 Å². The van der Waals surface area contributed by atoms with Gasteiger partial charge in [0.05, 0.1) is 0 Å². The highest BCUT2D eigenvalue weighted by Crippen LogP contribution is 2.06. The number of carbonyl (C=O) groups excluding carboxylic acids is 2. The molecular formula is C7H9N3O2. The molecule has 1 aliphatic heterocycles. The van der Waals surface area contributed by atoms with Crippen molar-refractivity contribution in [2.75, 3.05) is 6.54 Å². The Morgan fingerprint density at radius 1 is 1.75 bits per heavy atom. The van der Waals surface area contributed by atoms with Crippen LogP contribution in [0.2, 0.25) is 0 Å². The van der Waals surface area contributed by atoms with E-state index in [1.165, 1.54) is 4.90 Å². The molecule has 5 nitrogen and oxygen atoms in total. The number of amides is 2. The molecular weight excluding hydrogens is 158 g/mol. The third kappa shape index (κ3) is 1.37. The Hall–Kier alpha value is -1.57. The van der Waals surface area contributed by atoms with Crippen LogP contribution in [-0.4, -0.2) is 29.3 Å². The lowest BCUT2D eigenvalue weighted by molar-refractivity contribution is -0.138. The summed E-state index contributed by atoms with van der Waals surface area (Å²) in [5.41, 5.74) is 0. The molecule has 0 aromatic rings. The first-order chi connectivity index (χ1) is 5.69. The van der Waals surface area contributed by atoms with Crippen LogP contribution in [0.5, 0.6) is 0 Å². The van der Waals surface area contributed by atoms with Gasteiger partial charge < -0.3 is 0 Å². The van der Waals surface area contributed by atoms with Crippen molar-refractivity contribution in [3.05, 3.63) is 0 Å². The van der Waals surface area contributed by atoms with E-state index >= 15 is 0 Å². The summed E-state index contributed by atoms with van der Waals surface area (Å²) >= 11 is 0. The second-order valence-electron chi connectivity index (χ2n) is 2.56.